The van der Waals surface area contributed by atoms with Crippen molar-refractivity contribution < 1.29 is 14.3 Å². The first kappa shape index (κ1) is 19.0. The van der Waals surface area contributed by atoms with E-state index in [4.69, 9.17) is 15.2 Å². The van der Waals surface area contributed by atoms with Crippen LogP contribution in [0.2, 0.25) is 0 Å². The molecule has 6 heteroatoms. The molecule has 1 aliphatic heterocycles. The number of hydrogen-bond acceptors (Lipinski definition) is 4. The molecule has 0 aromatic rings. The van der Waals surface area contributed by atoms with E-state index in [1.54, 1.807) is 0 Å². The predicted octanol–water partition coefficient (Wildman–Crippen LogP) is 2.02. The Kier molecular flexibility index (Phi) is 7.60. The lowest BCUT2D eigenvalue weighted by Crippen LogP contribution is -2.53. The molecule has 134 valence electrons. The van der Waals surface area contributed by atoms with Crippen LogP contribution in [0.1, 0.15) is 51.4 Å². The van der Waals surface area contributed by atoms with Gasteiger partial charge in [-0.2, -0.15) is 0 Å². The maximum Gasteiger partial charge on any atom is 0.222 e. The van der Waals surface area contributed by atoms with Crippen molar-refractivity contribution in [2.45, 2.75) is 69.6 Å². The van der Waals surface area contributed by atoms with Crippen LogP contribution in [-0.2, 0) is 14.3 Å². The Morgan fingerprint density at radius 1 is 1.13 bits per heavy atom. The molecule has 1 heterocycles. The van der Waals surface area contributed by atoms with Gasteiger partial charge in [-0.15, -0.1) is 12.4 Å². The molecule has 3 rings (SSSR count). The van der Waals surface area contributed by atoms with Crippen LogP contribution < -0.4 is 11.1 Å². The molecule has 2 aliphatic carbocycles. The Hall–Kier alpha value is -0.360. The second-order valence-electron chi connectivity index (χ2n) is 7.21. The van der Waals surface area contributed by atoms with Gasteiger partial charge >= 0.3 is 0 Å². The van der Waals surface area contributed by atoms with Gasteiger partial charge in [-0.1, -0.05) is 6.42 Å². The number of nitrogens with two attached hydrogens (primary N) is 1. The van der Waals surface area contributed by atoms with Gasteiger partial charge in [0.1, 0.15) is 0 Å². The molecular weight excluding hydrogens is 316 g/mol. The van der Waals surface area contributed by atoms with Gasteiger partial charge in [0.25, 0.3) is 0 Å². The highest BCUT2D eigenvalue weighted by Crippen LogP contribution is 2.39. The fraction of sp³-hybridized carbons (Fsp3) is 0.941. The quantitative estimate of drug-likeness (QED) is 0.798. The molecular formula is C17H31ClN2O3. The first-order chi connectivity index (χ1) is 10.7. The van der Waals surface area contributed by atoms with Crippen LogP contribution in [0.4, 0.5) is 0 Å². The zero-order valence-corrected chi connectivity index (χ0v) is 14.7. The number of carbonyl (C=O) groups excluding carboxylic acids is 1. The minimum absolute atomic E-state index is 0. The summed E-state index contributed by atoms with van der Waals surface area (Å²) in [5.41, 5.74) is 6.14. The number of amides is 1. The van der Waals surface area contributed by atoms with Crippen molar-refractivity contribution in [1.29, 1.82) is 0 Å². The molecule has 1 amide bonds. The molecule has 2 saturated carbocycles. The highest BCUT2D eigenvalue weighted by Gasteiger charge is 2.39. The molecule has 0 spiro atoms. The number of hydrogen-bond donors (Lipinski definition) is 2. The minimum atomic E-state index is 0. The number of fused-ring (bicyclic) bond motifs is 2. The van der Waals surface area contributed by atoms with Crippen molar-refractivity contribution in [3.8, 4) is 0 Å². The summed E-state index contributed by atoms with van der Waals surface area (Å²) in [7, 11) is 0. The highest BCUT2D eigenvalue weighted by atomic mass is 35.5. The maximum atomic E-state index is 12.2. The van der Waals surface area contributed by atoms with E-state index < -0.39 is 0 Å². The van der Waals surface area contributed by atoms with Gasteiger partial charge in [-0.05, 0) is 50.4 Å². The van der Waals surface area contributed by atoms with Crippen molar-refractivity contribution in [2.75, 3.05) is 19.8 Å². The monoisotopic (exact) mass is 346 g/mol. The van der Waals surface area contributed by atoms with Gasteiger partial charge in [0, 0.05) is 31.7 Å². The topological polar surface area (TPSA) is 73.6 Å². The summed E-state index contributed by atoms with van der Waals surface area (Å²) in [6.45, 7) is 2.09. The average Bonchev–Trinajstić information content (AvgIpc) is 2.49. The standard InChI is InChI=1S/C17H30N2O3.ClH/c18-14-10-12-2-1-3-13(11-14)17(12)19-16(20)6-9-22-15-4-7-21-8-5-15;/h12-15,17H,1-11,18H2,(H,19,20);1H. The third-order valence-corrected chi connectivity index (χ3v) is 5.56. The summed E-state index contributed by atoms with van der Waals surface area (Å²) in [4.78, 5) is 12.2. The van der Waals surface area contributed by atoms with Crippen molar-refractivity contribution in [1.82, 2.24) is 5.32 Å². The number of carbonyl (C=O) groups is 1. The molecule has 3 fully saturated rings. The predicted molar refractivity (Wildman–Crippen MR) is 91.6 cm³/mol. The Balaban J connectivity index is 0.00000192. The molecule has 3 N–H and O–H groups in total. The lowest BCUT2D eigenvalue weighted by molar-refractivity contribution is -0.125. The number of ether oxygens (including phenoxy) is 2. The molecule has 2 unspecified atom stereocenters. The van der Waals surface area contributed by atoms with Crippen LogP contribution >= 0.6 is 12.4 Å². The van der Waals surface area contributed by atoms with Gasteiger partial charge in [-0.25, -0.2) is 0 Å². The average molecular weight is 347 g/mol. The third-order valence-electron chi connectivity index (χ3n) is 5.56. The van der Waals surface area contributed by atoms with E-state index in [1.807, 2.05) is 0 Å². The Morgan fingerprint density at radius 3 is 2.43 bits per heavy atom. The minimum Gasteiger partial charge on any atom is -0.381 e. The SMILES string of the molecule is Cl.NC1CC2CCCC(C1)C2NC(=O)CCOC1CCOCC1. The van der Waals surface area contributed by atoms with Crippen molar-refractivity contribution >= 4 is 18.3 Å². The van der Waals surface area contributed by atoms with Crippen molar-refractivity contribution in [3.63, 3.8) is 0 Å². The van der Waals surface area contributed by atoms with E-state index >= 15 is 0 Å². The van der Waals surface area contributed by atoms with E-state index in [2.05, 4.69) is 5.32 Å². The Bertz CT molecular complexity index is 363. The molecule has 3 aliphatic rings. The van der Waals surface area contributed by atoms with Crippen LogP contribution in [0, 0.1) is 11.8 Å². The van der Waals surface area contributed by atoms with Crippen molar-refractivity contribution in [3.05, 3.63) is 0 Å². The fourth-order valence-corrected chi connectivity index (χ4v) is 4.44. The van der Waals surface area contributed by atoms with Crippen LogP contribution in [-0.4, -0.2) is 43.9 Å². The maximum absolute atomic E-state index is 12.2. The van der Waals surface area contributed by atoms with Gasteiger partial charge in [0.15, 0.2) is 0 Å². The van der Waals surface area contributed by atoms with E-state index in [0.717, 1.165) is 38.9 Å². The van der Waals surface area contributed by atoms with Crippen LogP contribution in [0.5, 0.6) is 0 Å². The van der Waals surface area contributed by atoms with Gasteiger partial charge < -0.3 is 20.5 Å². The second-order valence-corrected chi connectivity index (χ2v) is 7.21. The first-order valence-electron chi connectivity index (χ1n) is 8.96. The first-order valence-corrected chi connectivity index (χ1v) is 8.96. The van der Waals surface area contributed by atoms with Crippen molar-refractivity contribution in [2.24, 2.45) is 17.6 Å². The van der Waals surface area contributed by atoms with Crippen LogP contribution in [0.15, 0.2) is 0 Å². The van der Waals surface area contributed by atoms with Gasteiger partial charge in [0.05, 0.1) is 12.7 Å². The van der Waals surface area contributed by atoms with Gasteiger partial charge in [-0.3, -0.25) is 4.79 Å². The summed E-state index contributed by atoms with van der Waals surface area (Å²) in [6.07, 6.45) is 8.51. The molecule has 1 saturated heterocycles. The normalized spacial score (nSPS) is 34.5. The molecule has 0 aromatic carbocycles. The van der Waals surface area contributed by atoms with E-state index in [9.17, 15) is 4.79 Å². The Labute approximate surface area is 145 Å². The lowest BCUT2D eigenvalue weighted by Gasteiger charge is -2.45. The van der Waals surface area contributed by atoms with E-state index in [0.29, 0.717) is 36.9 Å². The summed E-state index contributed by atoms with van der Waals surface area (Å²) in [5, 5.41) is 3.28. The zero-order chi connectivity index (χ0) is 15.4. The number of rotatable bonds is 5. The zero-order valence-electron chi connectivity index (χ0n) is 13.9. The molecule has 2 bridgehead atoms. The summed E-state index contributed by atoms with van der Waals surface area (Å²) in [6, 6.07) is 0.685. The van der Waals surface area contributed by atoms with Crippen LogP contribution in [0.25, 0.3) is 0 Å². The smallest absolute Gasteiger partial charge is 0.222 e. The highest BCUT2D eigenvalue weighted by molar-refractivity contribution is 5.85. The summed E-state index contributed by atoms with van der Waals surface area (Å²) < 4.78 is 11.1. The summed E-state index contributed by atoms with van der Waals surface area (Å²) in [5.74, 6) is 1.31. The number of nitrogens with one attached hydrogen (secondary N) is 1. The number of halogens is 1. The fourth-order valence-electron chi connectivity index (χ4n) is 4.44. The molecule has 23 heavy (non-hydrogen) atoms. The largest absolute Gasteiger partial charge is 0.381 e. The van der Waals surface area contributed by atoms with E-state index in [-0.39, 0.29) is 24.4 Å². The molecule has 2 atom stereocenters. The van der Waals surface area contributed by atoms with E-state index in [1.165, 1.54) is 19.3 Å². The second kappa shape index (κ2) is 9.21. The van der Waals surface area contributed by atoms with Gasteiger partial charge in [0.2, 0.25) is 5.91 Å². The third kappa shape index (κ3) is 5.31. The van der Waals surface area contributed by atoms with Crippen LogP contribution in [0.3, 0.4) is 0 Å². The lowest BCUT2D eigenvalue weighted by atomic mass is 9.67. The Morgan fingerprint density at radius 2 is 1.78 bits per heavy atom. The summed E-state index contributed by atoms with van der Waals surface area (Å²) >= 11 is 0. The molecule has 0 aromatic heterocycles. The molecule has 5 nitrogen and oxygen atoms in total. The molecule has 0 radical (unpaired) electrons.